The van der Waals surface area contributed by atoms with Crippen molar-refractivity contribution in [1.29, 1.82) is 0 Å². The number of hydrogen-bond donors (Lipinski definition) is 0. The van der Waals surface area contributed by atoms with Crippen LogP contribution < -0.4 is 24.8 Å². The van der Waals surface area contributed by atoms with Gasteiger partial charge in [-0.15, -0.1) is 114 Å². The van der Waals surface area contributed by atoms with Crippen molar-refractivity contribution >= 4 is 50.7 Å². The van der Waals surface area contributed by atoms with E-state index < -0.39 is 0 Å². The van der Waals surface area contributed by atoms with Gasteiger partial charge < -0.3 is 24.8 Å². The van der Waals surface area contributed by atoms with Crippen LogP contribution in [-0.4, -0.2) is 7.62 Å². The van der Waals surface area contributed by atoms with E-state index >= 15 is 0 Å². The van der Waals surface area contributed by atoms with Gasteiger partial charge in [-0.25, -0.2) is 0 Å². The third-order valence-electron chi connectivity index (χ3n) is 11.8. The Kier molecular flexibility index (Phi) is 23.2. The maximum absolute atomic E-state index is 2.26. The minimum atomic E-state index is 0. The molecular formula is C70H64Cl2Ti2-2. The number of benzene rings is 8. The third-order valence-corrected chi connectivity index (χ3v) is 11.8. The van der Waals surface area contributed by atoms with Crippen LogP contribution in [0.3, 0.4) is 0 Å². The van der Waals surface area contributed by atoms with Crippen LogP contribution in [-0.2, 0) is 39.9 Å². The molecule has 0 heterocycles. The van der Waals surface area contributed by atoms with Crippen LogP contribution in [0.25, 0.3) is 87.6 Å². The topological polar surface area (TPSA) is 0 Å². The van der Waals surface area contributed by atoms with E-state index in [-0.39, 0.29) is 24.8 Å². The summed E-state index contributed by atoms with van der Waals surface area (Å²) in [7, 11) is 0. The molecular weight excluding hydrogens is 1010 g/mol. The van der Waals surface area contributed by atoms with Gasteiger partial charge in [0, 0.05) is 0 Å². The Morgan fingerprint density at radius 1 is 0.257 bits per heavy atom. The van der Waals surface area contributed by atoms with Crippen LogP contribution in [0.5, 0.6) is 0 Å². The normalized spacial score (nSPS) is 10.1. The predicted octanol–water partition coefficient (Wildman–Crippen LogP) is 13.6. The van der Waals surface area contributed by atoms with Crippen molar-refractivity contribution in [2.45, 2.75) is 55.4 Å². The van der Waals surface area contributed by atoms with Gasteiger partial charge in [-0.3, -0.25) is 0 Å². The summed E-state index contributed by atoms with van der Waals surface area (Å²) in [5.74, 6) is 0. The first-order valence-electron chi connectivity index (χ1n) is 24.7. The van der Waals surface area contributed by atoms with Gasteiger partial charge in [0.1, 0.15) is 0 Å². The average molecular weight is 1070 g/mol. The van der Waals surface area contributed by atoms with Gasteiger partial charge in [-0.2, -0.15) is 24.3 Å². The van der Waals surface area contributed by atoms with Gasteiger partial charge in [-0.1, -0.05) is 198 Å². The fraction of sp³-hybridized carbons (Fsp3) is 0.114. The van der Waals surface area contributed by atoms with Crippen LogP contribution in [0.2, 0.25) is 0 Å². The molecule has 0 aromatic heterocycles. The number of hydrogen-bond acceptors (Lipinski definition) is 0. The molecule has 0 nitrogen and oxygen atoms in total. The minimum Gasteiger partial charge on any atom is -1.00 e. The molecule has 0 aliphatic heterocycles. The summed E-state index contributed by atoms with van der Waals surface area (Å²) < 4.78 is 2.83. The fourth-order valence-electron chi connectivity index (χ4n) is 8.69. The van der Waals surface area contributed by atoms with Crippen molar-refractivity contribution in [1.82, 2.24) is 0 Å². The van der Waals surface area contributed by atoms with Crippen LogP contribution in [0, 0.1) is 27.7 Å². The molecule has 12 aromatic carbocycles. The van der Waals surface area contributed by atoms with E-state index in [9.17, 15) is 0 Å². The fourth-order valence-corrected chi connectivity index (χ4v) is 8.69. The summed E-state index contributed by atoms with van der Waals surface area (Å²) in [6.45, 7) is 16.9. The SMILES string of the molecule is C[C](C)=[Ti+2].C[C](C)=[Ti+2].Cc1cc2cc(-c3ccccc3)ccc2[cH-]1.Cc1cc2cc(-c3ccccc3)ccc2[cH-]1.Cc1cc2cc(-c3ccccc3)ccc2[cH-]1.Cc1cc2cc(-c3ccccc3)ccc2[cH-]1.[Cl-].[Cl-]. The first-order chi connectivity index (χ1) is 34.8. The Morgan fingerprint density at radius 3 is 0.608 bits per heavy atom. The second-order valence-corrected chi connectivity index (χ2v) is 22.1. The van der Waals surface area contributed by atoms with E-state index in [4.69, 9.17) is 0 Å². The van der Waals surface area contributed by atoms with Crippen molar-refractivity contribution in [3.05, 3.63) is 265 Å². The molecule has 0 N–H and O–H groups in total. The van der Waals surface area contributed by atoms with E-state index in [2.05, 4.69) is 338 Å². The molecule has 0 aliphatic rings. The molecule has 12 rings (SSSR count). The van der Waals surface area contributed by atoms with Crippen LogP contribution in [0.1, 0.15) is 49.9 Å². The molecule has 12 aromatic rings. The van der Waals surface area contributed by atoms with E-state index in [0.717, 1.165) is 0 Å². The van der Waals surface area contributed by atoms with E-state index in [1.807, 2.05) is 0 Å². The first kappa shape index (κ1) is 58.8. The smallest absolute Gasteiger partial charge is 0.0200 e. The third kappa shape index (κ3) is 17.5. The largest absolute Gasteiger partial charge is 1.00 e. The van der Waals surface area contributed by atoms with Gasteiger partial charge in [0.15, 0.2) is 0 Å². The molecule has 0 radical (unpaired) electrons. The molecule has 368 valence electrons. The van der Waals surface area contributed by atoms with Crippen molar-refractivity contribution in [3.8, 4) is 44.5 Å². The second kappa shape index (κ2) is 29.1. The molecule has 0 amide bonds. The zero-order valence-corrected chi connectivity index (χ0v) is 48.5. The summed E-state index contributed by atoms with van der Waals surface area (Å²) in [5.41, 5.74) is 15.6. The number of halogens is 2. The average Bonchev–Trinajstić information content (AvgIpc) is 4.16. The number of fused-ring (bicyclic) bond motifs is 4. The Labute approximate surface area is 476 Å². The standard InChI is InChI=1S/4C16H13.2C3H6.2ClH.2Ti/c4*1-12-9-14-7-8-15(11-16(14)10-12)13-5-3-2-4-6-13;2*1-3-2;;;;/h4*2-11H,1H3;2*1-2H3;2*1H;;/q4*-1;;;;;2*+2/p-2. The Balaban J connectivity index is 0.000000173. The Morgan fingerprint density at radius 2 is 0.432 bits per heavy atom. The summed E-state index contributed by atoms with van der Waals surface area (Å²) >= 11 is 4.17. The zero-order chi connectivity index (χ0) is 51.0. The summed E-state index contributed by atoms with van der Waals surface area (Å²) in [4.78, 5) is 0. The summed E-state index contributed by atoms with van der Waals surface area (Å²) in [5, 5.41) is 10.7. The van der Waals surface area contributed by atoms with Crippen LogP contribution in [0.4, 0.5) is 0 Å². The maximum atomic E-state index is 2.26. The molecule has 0 unspecified atom stereocenters. The van der Waals surface area contributed by atoms with Crippen molar-refractivity contribution in [2.24, 2.45) is 0 Å². The summed E-state index contributed by atoms with van der Waals surface area (Å²) in [6, 6.07) is 86.5. The Hall–Kier alpha value is -6.05. The molecule has 0 saturated carbocycles. The van der Waals surface area contributed by atoms with Gasteiger partial charge in [0.05, 0.1) is 0 Å². The van der Waals surface area contributed by atoms with E-state index in [0.29, 0.717) is 0 Å². The van der Waals surface area contributed by atoms with E-state index in [1.54, 1.807) is 0 Å². The molecule has 4 heteroatoms. The van der Waals surface area contributed by atoms with Crippen molar-refractivity contribution < 1.29 is 64.8 Å². The monoisotopic (exact) mass is 1070 g/mol. The van der Waals surface area contributed by atoms with Crippen molar-refractivity contribution in [3.63, 3.8) is 0 Å². The summed E-state index contributed by atoms with van der Waals surface area (Å²) in [6.07, 6.45) is 0. The van der Waals surface area contributed by atoms with Gasteiger partial charge in [0.2, 0.25) is 0 Å². The zero-order valence-electron chi connectivity index (χ0n) is 43.8. The molecule has 74 heavy (non-hydrogen) atoms. The molecule has 0 atom stereocenters. The van der Waals surface area contributed by atoms with Crippen LogP contribution >= 0.6 is 0 Å². The molecule has 0 saturated heterocycles. The molecule has 0 fully saturated rings. The van der Waals surface area contributed by atoms with Crippen LogP contribution in [0.15, 0.2) is 243 Å². The number of rotatable bonds is 4. The maximum Gasteiger partial charge on any atom is -0.0200 e. The Bertz CT molecular complexity index is 3140. The van der Waals surface area contributed by atoms with Gasteiger partial charge >= 0.3 is 75.3 Å². The van der Waals surface area contributed by atoms with Gasteiger partial charge in [0.25, 0.3) is 0 Å². The van der Waals surface area contributed by atoms with E-state index in [1.165, 1.54) is 117 Å². The molecule has 0 aliphatic carbocycles. The van der Waals surface area contributed by atoms with Crippen molar-refractivity contribution in [2.75, 3.05) is 0 Å². The second-order valence-electron chi connectivity index (χ2n) is 19.0. The quantitative estimate of drug-likeness (QED) is 0.122. The van der Waals surface area contributed by atoms with Gasteiger partial charge in [-0.05, 0) is 44.5 Å². The minimum absolute atomic E-state index is 0. The first-order valence-corrected chi connectivity index (χ1v) is 26.3. The predicted molar refractivity (Wildman–Crippen MR) is 312 cm³/mol. The molecule has 0 bridgehead atoms. The molecule has 0 spiro atoms. The number of aryl methyl sites for hydroxylation is 4.